The standard InChI is InChI=1S/C11H19N3O/c1-14-11(9(5-6-12)8-13-14)10-4-2-3-7-15-10/h8,10H,2-7,12H2,1H3. The molecule has 2 rings (SSSR count). The van der Waals surface area contributed by atoms with Gasteiger partial charge in [0, 0.05) is 13.7 Å². The number of aryl methyl sites for hydroxylation is 1. The van der Waals surface area contributed by atoms with Crippen LogP contribution in [0.15, 0.2) is 6.20 Å². The fourth-order valence-electron chi connectivity index (χ4n) is 2.21. The lowest BCUT2D eigenvalue weighted by molar-refractivity contribution is 0.00954. The lowest BCUT2D eigenvalue weighted by atomic mass is 10.0. The summed E-state index contributed by atoms with van der Waals surface area (Å²) in [6, 6.07) is 0. The van der Waals surface area contributed by atoms with Gasteiger partial charge in [-0.3, -0.25) is 4.68 Å². The number of nitrogens with two attached hydrogens (primary N) is 1. The van der Waals surface area contributed by atoms with Crippen LogP contribution in [0.5, 0.6) is 0 Å². The first-order valence-corrected chi connectivity index (χ1v) is 5.65. The topological polar surface area (TPSA) is 53.1 Å². The predicted molar refractivity (Wildman–Crippen MR) is 58.5 cm³/mol. The zero-order valence-corrected chi connectivity index (χ0v) is 9.28. The van der Waals surface area contributed by atoms with E-state index >= 15 is 0 Å². The molecule has 1 aromatic heterocycles. The van der Waals surface area contributed by atoms with Crippen LogP contribution in [0.2, 0.25) is 0 Å². The van der Waals surface area contributed by atoms with Gasteiger partial charge >= 0.3 is 0 Å². The van der Waals surface area contributed by atoms with Crippen molar-refractivity contribution in [3.05, 3.63) is 17.5 Å². The number of rotatable bonds is 3. The Balaban J connectivity index is 2.19. The second kappa shape index (κ2) is 4.77. The first-order valence-electron chi connectivity index (χ1n) is 5.65. The van der Waals surface area contributed by atoms with Gasteiger partial charge in [-0.25, -0.2) is 0 Å². The Bertz CT molecular complexity index is 316. The minimum atomic E-state index is 0.229. The van der Waals surface area contributed by atoms with Crippen LogP contribution < -0.4 is 5.73 Å². The molecule has 1 unspecified atom stereocenters. The fraction of sp³-hybridized carbons (Fsp3) is 0.727. The molecule has 0 radical (unpaired) electrons. The molecule has 0 spiro atoms. The molecule has 0 bridgehead atoms. The smallest absolute Gasteiger partial charge is 0.0994 e. The third-order valence-electron chi connectivity index (χ3n) is 2.96. The molecule has 0 aliphatic carbocycles. The van der Waals surface area contributed by atoms with Crippen LogP contribution in [0.25, 0.3) is 0 Å². The maximum Gasteiger partial charge on any atom is 0.0994 e. The monoisotopic (exact) mass is 209 g/mol. The number of aromatic nitrogens is 2. The second-order valence-corrected chi connectivity index (χ2v) is 4.07. The Kier molecular flexibility index (Phi) is 3.38. The van der Waals surface area contributed by atoms with Gasteiger partial charge in [-0.05, 0) is 37.8 Å². The molecular formula is C11H19N3O. The molecule has 4 nitrogen and oxygen atoms in total. The summed E-state index contributed by atoms with van der Waals surface area (Å²) in [4.78, 5) is 0. The number of hydrogen-bond acceptors (Lipinski definition) is 3. The summed E-state index contributed by atoms with van der Waals surface area (Å²) in [7, 11) is 1.98. The summed E-state index contributed by atoms with van der Waals surface area (Å²) in [5.41, 5.74) is 8.06. The predicted octanol–water partition coefficient (Wildman–Crippen LogP) is 1.16. The first kappa shape index (κ1) is 10.6. The minimum absolute atomic E-state index is 0.229. The van der Waals surface area contributed by atoms with Gasteiger partial charge in [0.1, 0.15) is 0 Å². The molecule has 4 heteroatoms. The van der Waals surface area contributed by atoms with E-state index in [2.05, 4.69) is 5.10 Å². The van der Waals surface area contributed by atoms with Gasteiger partial charge < -0.3 is 10.5 Å². The molecule has 1 aliphatic heterocycles. The zero-order chi connectivity index (χ0) is 10.7. The number of ether oxygens (including phenoxy) is 1. The molecule has 0 amide bonds. The van der Waals surface area contributed by atoms with E-state index in [0.717, 1.165) is 19.4 Å². The van der Waals surface area contributed by atoms with Gasteiger partial charge in [-0.2, -0.15) is 5.10 Å². The molecule has 1 atom stereocenters. The van der Waals surface area contributed by atoms with Crippen molar-refractivity contribution in [3.63, 3.8) is 0 Å². The van der Waals surface area contributed by atoms with Crippen molar-refractivity contribution in [3.8, 4) is 0 Å². The van der Waals surface area contributed by atoms with Gasteiger partial charge in [0.25, 0.3) is 0 Å². The van der Waals surface area contributed by atoms with Crippen LogP contribution >= 0.6 is 0 Å². The summed E-state index contributed by atoms with van der Waals surface area (Å²) in [6.45, 7) is 1.54. The maximum atomic E-state index is 5.79. The summed E-state index contributed by atoms with van der Waals surface area (Å²) >= 11 is 0. The van der Waals surface area contributed by atoms with Gasteiger partial charge in [-0.1, -0.05) is 0 Å². The molecule has 1 aromatic rings. The van der Waals surface area contributed by atoms with Crippen LogP contribution in [-0.2, 0) is 18.2 Å². The zero-order valence-electron chi connectivity index (χ0n) is 9.28. The largest absolute Gasteiger partial charge is 0.372 e. The van der Waals surface area contributed by atoms with Crippen molar-refractivity contribution in [2.24, 2.45) is 12.8 Å². The number of nitrogens with zero attached hydrogens (tertiary/aromatic N) is 2. The lowest BCUT2D eigenvalue weighted by Gasteiger charge is -2.23. The molecule has 84 valence electrons. The van der Waals surface area contributed by atoms with E-state index in [0.29, 0.717) is 6.54 Å². The summed E-state index contributed by atoms with van der Waals surface area (Å²) in [6.07, 6.45) is 6.58. The molecule has 15 heavy (non-hydrogen) atoms. The van der Waals surface area contributed by atoms with Gasteiger partial charge in [0.05, 0.1) is 18.0 Å². The van der Waals surface area contributed by atoms with E-state index in [-0.39, 0.29) is 6.10 Å². The molecule has 2 heterocycles. The van der Waals surface area contributed by atoms with Crippen LogP contribution in [-0.4, -0.2) is 22.9 Å². The molecule has 1 fully saturated rings. The molecular weight excluding hydrogens is 190 g/mol. The Hall–Kier alpha value is -0.870. The van der Waals surface area contributed by atoms with Crippen LogP contribution in [0.3, 0.4) is 0 Å². The van der Waals surface area contributed by atoms with Crippen LogP contribution in [0.1, 0.15) is 36.6 Å². The van der Waals surface area contributed by atoms with Gasteiger partial charge in [-0.15, -0.1) is 0 Å². The molecule has 2 N–H and O–H groups in total. The average molecular weight is 209 g/mol. The number of hydrogen-bond donors (Lipinski definition) is 1. The fourth-order valence-corrected chi connectivity index (χ4v) is 2.21. The molecule has 0 saturated carbocycles. The van der Waals surface area contributed by atoms with Crippen molar-refractivity contribution in [2.45, 2.75) is 31.8 Å². The SMILES string of the molecule is Cn1ncc(CCN)c1C1CCCCO1. The minimum Gasteiger partial charge on any atom is -0.372 e. The second-order valence-electron chi connectivity index (χ2n) is 4.07. The Morgan fingerprint density at radius 1 is 1.60 bits per heavy atom. The Labute approximate surface area is 90.4 Å². The third-order valence-corrected chi connectivity index (χ3v) is 2.96. The summed E-state index contributed by atoms with van der Waals surface area (Å²) in [5.74, 6) is 0. The third kappa shape index (κ3) is 2.21. The van der Waals surface area contributed by atoms with Crippen LogP contribution in [0.4, 0.5) is 0 Å². The Morgan fingerprint density at radius 3 is 3.13 bits per heavy atom. The van der Waals surface area contributed by atoms with Crippen molar-refractivity contribution in [1.82, 2.24) is 9.78 Å². The normalized spacial score (nSPS) is 21.9. The maximum absolute atomic E-state index is 5.79. The average Bonchev–Trinajstić information content (AvgIpc) is 2.62. The van der Waals surface area contributed by atoms with E-state index in [4.69, 9.17) is 10.5 Å². The highest BCUT2D eigenvalue weighted by atomic mass is 16.5. The molecule has 1 saturated heterocycles. The molecule has 1 aliphatic rings. The van der Waals surface area contributed by atoms with E-state index in [1.807, 2.05) is 17.9 Å². The van der Waals surface area contributed by atoms with Gasteiger partial charge in [0.15, 0.2) is 0 Å². The quantitative estimate of drug-likeness (QED) is 0.812. The van der Waals surface area contributed by atoms with Crippen molar-refractivity contribution in [2.75, 3.05) is 13.2 Å². The van der Waals surface area contributed by atoms with E-state index in [9.17, 15) is 0 Å². The van der Waals surface area contributed by atoms with Crippen molar-refractivity contribution in [1.29, 1.82) is 0 Å². The van der Waals surface area contributed by atoms with E-state index in [1.54, 1.807) is 0 Å². The molecule has 0 aromatic carbocycles. The van der Waals surface area contributed by atoms with Crippen LogP contribution in [0, 0.1) is 0 Å². The van der Waals surface area contributed by atoms with Gasteiger partial charge in [0.2, 0.25) is 0 Å². The summed E-state index contributed by atoms with van der Waals surface area (Å²) < 4.78 is 7.72. The van der Waals surface area contributed by atoms with Crippen molar-refractivity contribution >= 4 is 0 Å². The lowest BCUT2D eigenvalue weighted by Crippen LogP contribution is -2.17. The van der Waals surface area contributed by atoms with E-state index < -0.39 is 0 Å². The summed E-state index contributed by atoms with van der Waals surface area (Å²) in [5, 5.41) is 4.29. The highest BCUT2D eigenvalue weighted by Gasteiger charge is 2.22. The highest BCUT2D eigenvalue weighted by molar-refractivity contribution is 5.21. The highest BCUT2D eigenvalue weighted by Crippen LogP contribution is 2.29. The van der Waals surface area contributed by atoms with E-state index in [1.165, 1.54) is 24.1 Å². The first-order chi connectivity index (χ1) is 7.33. The van der Waals surface area contributed by atoms with Crippen molar-refractivity contribution < 1.29 is 4.74 Å². The Morgan fingerprint density at radius 2 is 2.47 bits per heavy atom.